The van der Waals surface area contributed by atoms with E-state index in [-0.39, 0.29) is 12.1 Å². The molecule has 0 atom stereocenters. The number of nitrogens with zero attached hydrogens (tertiary/aromatic N) is 3. The van der Waals surface area contributed by atoms with E-state index in [1.54, 1.807) is 7.11 Å². The van der Waals surface area contributed by atoms with E-state index in [0.29, 0.717) is 44.7 Å². The van der Waals surface area contributed by atoms with Gasteiger partial charge >= 0.3 is 5.97 Å². The third-order valence-electron chi connectivity index (χ3n) is 5.19. The van der Waals surface area contributed by atoms with Crippen molar-refractivity contribution in [2.24, 2.45) is 10.4 Å². The number of carbonyl (C=O) groups excluding carboxylic acids is 1. The van der Waals surface area contributed by atoms with Crippen LogP contribution in [0.25, 0.3) is 0 Å². The zero-order chi connectivity index (χ0) is 21.8. The second-order valence-electron chi connectivity index (χ2n) is 8.86. The fourth-order valence-corrected chi connectivity index (χ4v) is 4.42. The Morgan fingerprint density at radius 1 is 1.37 bits per heavy atom. The standard InChI is InChI=1S/C22H31N3O4S/c1-21(2,3)29-19(27)22(10-8-17(26)9-11-22)14-16-6-5-7-18(23-16)24-20-25(15-28-4)12-13-30-20/h5-7,12-13,17,26H,8-11,14-15H2,1-4H3. The lowest BCUT2D eigenvalue weighted by molar-refractivity contribution is -0.171. The molecule has 3 rings (SSSR count). The quantitative estimate of drug-likeness (QED) is 0.704. The van der Waals surface area contributed by atoms with Crippen LogP contribution in [0.5, 0.6) is 0 Å². The molecule has 1 aliphatic carbocycles. The molecular weight excluding hydrogens is 402 g/mol. The number of carbonyl (C=O) groups is 1. The topological polar surface area (TPSA) is 85.9 Å². The van der Waals surface area contributed by atoms with E-state index in [4.69, 9.17) is 14.5 Å². The maximum Gasteiger partial charge on any atom is 0.312 e. The van der Waals surface area contributed by atoms with Crippen LogP contribution in [-0.4, -0.2) is 39.4 Å². The molecular formula is C22H31N3O4S. The first kappa shape index (κ1) is 22.7. The van der Waals surface area contributed by atoms with Gasteiger partial charge in [-0.1, -0.05) is 6.07 Å². The molecule has 0 unspecified atom stereocenters. The van der Waals surface area contributed by atoms with Gasteiger partial charge < -0.3 is 14.6 Å². The Labute approximate surface area is 181 Å². The van der Waals surface area contributed by atoms with E-state index in [0.717, 1.165) is 10.5 Å². The molecule has 1 N–H and O–H groups in total. The molecule has 2 aromatic heterocycles. The van der Waals surface area contributed by atoms with Gasteiger partial charge in [0.15, 0.2) is 10.6 Å². The number of aliphatic hydroxyl groups is 1. The molecule has 7 nitrogen and oxygen atoms in total. The van der Waals surface area contributed by atoms with Gasteiger partial charge in [-0.25, -0.2) is 9.98 Å². The van der Waals surface area contributed by atoms with Crippen molar-refractivity contribution < 1.29 is 19.4 Å². The number of hydrogen-bond donors (Lipinski definition) is 1. The highest BCUT2D eigenvalue weighted by Crippen LogP contribution is 2.41. The van der Waals surface area contributed by atoms with E-state index in [9.17, 15) is 9.90 Å². The number of methoxy groups -OCH3 is 1. The lowest BCUT2D eigenvalue weighted by Crippen LogP contribution is -2.43. The van der Waals surface area contributed by atoms with Crippen molar-refractivity contribution in [1.29, 1.82) is 0 Å². The average Bonchev–Trinajstić information content (AvgIpc) is 3.10. The van der Waals surface area contributed by atoms with Gasteiger partial charge in [-0.3, -0.25) is 9.36 Å². The predicted octanol–water partition coefficient (Wildman–Crippen LogP) is 3.59. The third-order valence-corrected chi connectivity index (χ3v) is 5.99. The Bertz CT molecular complexity index is 921. The van der Waals surface area contributed by atoms with E-state index in [2.05, 4.69) is 4.99 Å². The molecule has 0 radical (unpaired) electrons. The molecule has 0 aromatic carbocycles. The first-order valence-electron chi connectivity index (χ1n) is 10.3. The van der Waals surface area contributed by atoms with Gasteiger partial charge in [0.05, 0.1) is 11.5 Å². The number of aliphatic hydroxyl groups excluding tert-OH is 1. The van der Waals surface area contributed by atoms with Crippen LogP contribution in [0.15, 0.2) is 34.8 Å². The van der Waals surface area contributed by atoms with Gasteiger partial charge in [0.25, 0.3) is 0 Å². The lowest BCUT2D eigenvalue weighted by Gasteiger charge is -2.38. The van der Waals surface area contributed by atoms with Gasteiger partial charge in [0.2, 0.25) is 0 Å². The molecule has 0 bridgehead atoms. The van der Waals surface area contributed by atoms with Gasteiger partial charge in [-0.15, -0.1) is 11.3 Å². The highest BCUT2D eigenvalue weighted by molar-refractivity contribution is 7.07. The zero-order valence-electron chi connectivity index (χ0n) is 18.1. The Hall–Kier alpha value is -2.03. The summed E-state index contributed by atoms with van der Waals surface area (Å²) in [6, 6.07) is 5.69. The highest BCUT2D eigenvalue weighted by Gasteiger charge is 2.44. The van der Waals surface area contributed by atoms with Crippen LogP contribution >= 0.6 is 11.3 Å². The molecule has 0 aliphatic heterocycles. The van der Waals surface area contributed by atoms with Crippen molar-refractivity contribution in [2.75, 3.05) is 7.11 Å². The molecule has 2 aromatic rings. The largest absolute Gasteiger partial charge is 0.460 e. The Morgan fingerprint density at radius 2 is 2.10 bits per heavy atom. The fourth-order valence-electron chi connectivity index (χ4n) is 3.69. The smallest absolute Gasteiger partial charge is 0.312 e. The van der Waals surface area contributed by atoms with Crippen molar-refractivity contribution in [1.82, 2.24) is 9.55 Å². The number of hydrogen-bond acceptors (Lipinski definition) is 7. The summed E-state index contributed by atoms with van der Waals surface area (Å²) in [6.45, 7) is 6.06. The predicted molar refractivity (Wildman–Crippen MR) is 115 cm³/mol. The highest BCUT2D eigenvalue weighted by atomic mass is 32.1. The monoisotopic (exact) mass is 433 g/mol. The summed E-state index contributed by atoms with van der Waals surface area (Å²) in [6.07, 6.45) is 4.40. The van der Waals surface area contributed by atoms with E-state index in [1.165, 1.54) is 11.3 Å². The number of esters is 1. The minimum atomic E-state index is -0.670. The van der Waals surface area contributed by atoms with Gasteiger partial charge in [0.1, 0.15) is 12.3 Å². The minimum absolute atomic E-state index is 0.206. The van der Waals surface area contributed by atoms with Gasteiger partial charge in [0, 0.05) is 30.8 Å². The third kappa shape index (κ3) is 5.77. The normalized spacial score (nSPS) is 22.8. The molecule has 1 saturated carbocycles. The fraction of sp³-hybridized carbons (Fsp3) is 0.591. The van der Waals surface area contributed by atoms with Crippen LogP contribution in [0.4, 0.5) is 5.82 Å². The molecule has 0 spiro atoms. The second-order valence-corrected chi connectivity index (χ2v) is 9.74. The summed E-state index contributed by atoms with van der Waals surface area (Å²) in [4.78, 5) is 23.3. The molecule has 2 heterocycles. The first-order chi connectivity index (χ1) is 14.2. The SMILES string of the molecule is COCn1ccsc1=Nc1cccc(CC2(C(=O)OC(C)(C)C)CCC(O)CC2)n1. The molecule has 8 heteroatoms. The summed E-state index contributed by atoms with van der Waals surface area (Å²) in [5.41, 5.74) is -0.427. The van der Waals surface area contributed by atoms with Gasteiger partial charge in [-0.05, 0) is 58.6 Å². The van der Waals surface area contributed by atoms with Crippen LogP contribution in [0, 0.1) is 5.41 Å². The van der Waals surface area contributed by atoms with Crippen LogP contribution in [0.1, 0.15) is 52.1 Å². The van der Waals surface area contributed by atoms with Crippen LogP contribution in [0.3, 0.4) is 0 Å². The number of pyridine rings is 1. The van der Waals surface area contributed by atoms with Crippen LogP contribution in [0.2, 0.25) is 0 Å². The van der Waals surface area contributed by atoms with Gasteiger partial charge in [-0.2, -0.15) is 0 Å². The van der Waals surface area contributed by atoms with E-state index < -0.39 is 11.0 Å². The zero-order valence-corrected chi connectivity index (χ0v) is 18.9. The molecule has 1 aliphatic rings. The summed E-state index contributed by atoms with van der Waals surface area (Å²) in [5, 5.41) is 11.9. The average molecular weight is 434 g/mol. The summed E-state index contributed by atoms with van der Waals surface area (Å²) < 4.78 is 12.9. The molecule has 0 saturated heterocycles. The summed E-state index contributed by atoms with van der Waals surface area (Å²) in [5.74, 6) is 0.386. The number of ether oxygens (including phenoxy) is 2. The molecule has 1 fully saturated rings. The maximum atomic E-state index is 13.1. The molecule has 164 valence electrons. The number of thiazole rings is 1. The molecule has 0 amide bonds. The maximum absolute atomic E-state index is 13.1. The van der Waals surface area contributed by atoms with E-state index >= 15 is 0 Å². The second kappa shape index (κ2) is 9.41. The number of rotatable bonds is 6. The van der Waals surface area contributed by atoms with Crippen molar-refractivity contribution in [3.05, 3.63) is 40.3 Å². The minimum Gasteiger partial charge on any atom is -0.460 e. The Balaban J connectivity index is 1.87. The summed E-state index contributed by atoms with van der Waals surface area (Å²) in [7, 11) is 1.64. The summed E-state index contributed by atoms with van der Waals surface area (Å²) >= 11 is 1.51. The van der Waals surface area contributed by atoms with Crippen molar-refractivity contribution in [3.63, 3.8) is 0 Å². The first-order valence-corrected chi connectivity index (χ1v) is 11.1. The van der Waals surface area contributed by atoms with Crippen molar-refractivity contribution in [3.8, 4) is 0 Å². The van der Waals surface area contributed by atoms with E-state index in [1.807, 2.05) is 55.1 Å². The Morgan fingerprint density at radius 3 is 2.77 bits per heavy atom. The van der Waals surface area contributed by atoms with Crippen LogP contribution < -0.4 is 4.80 Å². The van der Waals surface area contributed by atoms with Crippen LogP contribution in [-0.2, 0) is 27.4 Å². The van der Waals surface area contributed by atoms with Crippen molar-refractivity contribution >= 4 is 23.1 Å². The molecule has 30 heavy (non-hydrogen) atoms. The number of aromatic nitrogens is 2. The Kier molecular flexibility index (Phi) is 7.10. The van der Waals surface area contributed by atoms with Crippen molar-refractivity contribution in [2.45, 2.75) is 71.3 Å². The lowest BCUT2D eigenvalue weighted by atomic mass is 9.70.